The van der Waals surface area contributed by atoms with Gasteiger partial charge in [-0.05, 0) is 94.5 Å². The third-order valence-corrected chi connectivity index (χ3v) is 10.6. The summed E-state index contributed by atoms with van der Waals surface area (Å²) in [5.41, 5.74) is 11.0. The lowest BCUT2D eigenvalue weighted by Crippen LogP contribution is -2.27. The second-order valence-corrected chi connectivity index (χ2v) is 14.0. The van der Waals surface area contributed by atoms with Gasteiger partial charge in [-0.3, -0.25) is 14.3 Å². The quantitative estimate of drug-likeness (QED) is 0.0931. The van der Waals surface area contributed by atoms with Crippen LogP contribution in [0.4, 0.5) is 5.69 Å². The van der Waals surface area contributed by atoms with Crippen LogP contribution < -0.4 is 9.64 Å². The minimum atomic E-state index is -0.174. The number of aromatic nitrogens is 5. The van der Waals surface area contributed by atoms with Gasteiger partial charge in [0.25, 0.3) is 0 Å². The molecule has 4 heterocycles. The minimum Gasteiger partial charge on any atom is -0.494 e. The van der Waals surface area contributed by atoms with E-state index in [0.717, 1.165) is 90.2 Å². The lowest BCUT2D eigenvalue weighted by Gasteiger charge is -2.26. The Morgan fingerprint density at radius 1 is 0.980 bits per heavy atom. The number of hydrogen-bond acceptors (Lipinski definition) is 6. The maximum Gasteiger partial charge on any atom is 0.168 e. The molecule has 6 rings (SSSR count). The Morgan fingerprint density at radius 2 is 1.70 bits per heavy atom. The van der Waals surface area contributed by atoms with E-state index in [1.54, 1.807) is 6.07 Å². The van der Waals surface area contributed by atoms with E-state index >= 15 is 0 Å². The van der Waals surface area contributed by atoms with Gasteiger partial charge in [-0.1, -0.05) is 29.3 Å². The molecule has 0 aliphatic carbocycles. The molecule has 4 aromatic heterocycles. The first-order valence-electron chi connectivity index (χ1n) is 16.7. The number of pyridine rings is 1. The van der Waals surface area contributed by atoms with Gasteiger partial charge in [0.2, 0.25) is 0 Å². The van der Waals surface area contributed by atoms with E-state index in [9.17, 15) is 9.59 Å². The van der Waals surface area contributed by atoms with Crippen molar-refractivity contribution in [2.24, 2.45) is 14.1 Å². The van der Waals surface area contributed by atoms with Gasteiger partial charge in [-0.25, -0.2) is 4.98 Å². The van der Waals surface area contributed by atoms with Crippen molar-refractivity contribution in [1.82, 2.24) is 23.9 Å². The van der Waals surface area contributed by atoms with E-state index in [1.807, 2.05) is 94.6 Å². The molecule has 0 saturated heterocycles. The molecular formula is C39H42Cl2N6O3. The number of likely N-dealkylation sites (N-methyl/N-ethyl adjacent to an activating group) is 1. The molecule has 260 valence electrons. The highest BCUT2D eigenvalue weighted by Crippen LogP contribution is 2.43. The van der Waals surface area contributed by atoms with Crippen molar-refractivity contribution in [3.8, 4) is 16.9 Å². The van der Waals surface area contributed by atoms with Gasteiger partial charge in [0.1, 0.15) is 17.0 Å². The summed E-state index contributed by atoms with van der Waals surface area (Å²) in [6.07, 6.45) is 5.07. The van der Waals surface area contributed by atoms with Gasteiger partial charge < -0.3 is 18.8 Å². The van der Waals surface area contributed by atoms with E-state index in [2.05, 4.69) is 21.4 Å². The van der Waals surface area contributed by atoms with Gasteiger partial charge in [0.05, 0.1) is 39.7 Å². The first kappa shape index (κ1) is 35.2. The maximum absolute atomic E-state index is 13.2. The summed E-state index contributed by atoms with van der Waals surface area (Å²) in [5.74, 6) is 0.777. The molecule has 6 aromatic rings. The number of nitrogens with zero attached hydrogens (tertiary/aromatic N) is 6. The zero-order valence-corrected chi connectivity index (χ0v) is 31.3. The number of halogens is 2. The molecule has 2 aromatic carbocycles. The number of carbonyl (C=O) groups is 2. The zero-order chi connectivity index (χ0) is 36.0. The Bertz CT molecular complexity index is 2260. The molecule has 0 fully saturated rings. The Hall–Kier alpha value is -4.60. The van der Waals surface area contributed by atoms with Crippen molar-refractivity contribution in [2.75, 3.05) is 25.1 Å². The van der Waals surface area contributed by atoms with Gasteiger partial charge >= 0.3 is 0 Å². The van der Waals surface area contributed by atoms with Gasteiger partial charge in [-0.15, -0.1) is 0 Å². The van der Waals surface area contributed by atoms with Crippen molar-refractivity contribution < 1.29 is 14.3 Å². The number of ether oxygens (including phenoxy) is 1. The number of aryl methyl sites for hydroxylation is 6. The fraction of sp³-hybridized carbons (Fsp3) is 0.333. The second kappa shape index (κ2) is 14.0. The fourth-order valence-electron chi connectivity index (χ4n) is 7.29. The number of rotatable bonds is 12. The average molecular weight is 714 g/mol. The predicted octanol–water partition coefficient (Wildman–Crippen LogP) is 8.80. The monoisotopic (exact) mass is 712 g/mol. The Kier molecular flexibility index (Phi) is 9.84. The number of fused-ring (bicyclic) bond motifs is 2. The summed E-state index contributed by atoms with van der Waals surface area (Å²) in [4.78, 5) is 31.5. The fourth-order valence-corrected chi connectivity index (χ4v) is 7.65. The molecule has 1 atom stereocenters. The average Bonchev–Trinajstić information content (AvgIpc) is 3.68. The summed E-state index contributed by atoms with van der Waals surface area (Å²) in [5, 5.41) is 7.03. The van der Waals surface area contributed by atoms with Crippen molar-refractivity contribution in [3.63, 3.8) is 0 Å². The van der Waals surface area contributed by atoms with Crippen LogP contribution in [0.15, 0.2) is 42.6 Å². The SMILES string of the molecule is Cc1cc(OCCCc2c(C=O)n([C@H](C)CN(C)c3cn(C)c4ccc(C=O)nc34)c3c(-c4c(C)nn(C)c4C)c(Cl)ccc23)cc(C)c1Cl. The highest BCUT2D eigenvalue weighted by molar-refractivity contribution is 6.35. The summed E-state index contributed by atoms with van der Waals surface area (Å²) >= 11 is 13.5. The number of benzene rings is 2. The Morgan fingerprint density at radius 3 is 2.34 bits per heavy atom. The molecule has 9 nitrogen and oxygen atoms in total. The Labute approximate surface area is 302 Å². The largest absolute Gasteiger partial charge is 0.494 e. The van der Waals surface area contributed by atoms with Crippen molar-refractivity contribution in [2.45, 2.75) is 53.5 Å². The summed E-state index contributed by atoms with van der Waals surface area (Å²) in [6.45, 7) is 11.1. The van der Waals surface area contributed by atoms with Gasteiger partial charge in [0, 0.05) is 67.2 Å². The van der Waals surface area contributed by atoms with Crippen LogP contribution in [0.5, 0.6) is 5.75 Å². The van der Waals surface area contributed by atoms with Crippen LogP contribution in [0.1, 0.15) is 68.4 Å². The molecule has 11 heteroatoms. The standard InChI is InChI=1S/C39H42Cl2N6O3/c1-22-16-28(17-23(2)37(22)41)50-15-9-10-29-30-12-13-31(40)36(35-25(4)43-46(8)26(35)5)39(30)47(34(29)21-49)24(3)18-44(6)33-19-45(7)32-14-11-27(20-48)42-38(32)33/h11-14,16-17,19-21,24H,9-10,15,18H2,1-8H3/t24-/m1/s1. The lowest BCUT2D eigenvalue weighted by atomic mass is 9.98. The molecule has 0 unspecified atom stereocenters. The molecule has 0 aliphatic heterocycles. The molecule has 50 heavy (non-hydrogen) atoms. The number of anilines is 1. The topological polar surface area (TPSA) is 87.2 Å². The third-order valence-electron chi connectivity index (χ3n) is 9.73. The van der Waals surface area contributed by atoms with E-state index in [0.29, 0.717) is 42.4 Å². The van der Waals surface area contributed by atoms with Crippen LogP contribution >= 0.6 is 23.2 Å². The minimum absolute atomic E-state index is 0.174. The number of carbonyl (C=O) groups excluding carboxylic acids is 2. The summed E-state index contributed by atoms with van der Waals surface area (Å²) in [6, 6.07) is 11.3. The first-order valence-corrected chi connectivity index (χ1v) is 17.4. The van der Waals surface area contributed by atoms with E-state index in [1.165, 1.54) is 0 Å². The molecule has 0 spiro atoms. The van der Waals surface area contributed by atoms with Crippen LogP contribution in [0.2, 0.25) is 10.0 Å². The van der Waals surface area contributed by atoms with Gasteiger partial charge in [-0.2, -0.15) is 5.10 Å². The van der Waals surface area contributed by atoms with Crippen LogP contribution in [0.3, 0.4) is 0 Å². The molecular weight excluding hydrogens is 671 g/mol. The number of hydrogen-bond donors (Lipinski definition) is 0. The zero-order valence-electron chi connectivity index (χ0n) is 29.8. The van der Waals surface area contributed by atoms with Crippen LogP contribution in [0.25, 0.3) is 33.1 Å². The van der Waals surface area contributed by atoms with Crippen molar-refractivity contribution >= 4 is 63.4 Å². The van der Waals surface area contributed by atoms with E-state index in [4.69, 9.17) is 33.0 Å². The summed E-state index contributed by atoms with van der Waals surface area (Å²) in [7, 11) is 5.90. The molecule has 0 N–H and O–H groups in total. The van der Waals surface area contributed by atoms with Crippen molar-refractivity contribution in [1.29, 1.82) is 0 Å². The molecule has 0 amide bonds. The Balaban J connectivity index is 1.43. The molecule has 0 radical (unpaired) electrons. The van der Waals surface area contributed by atoms with E-state index in [-0.39, 0.29) is 6.04 Å². The maximum atomic E-state index is 13.2. The van der Waals surface area contributed by atoms with E-state index < -0.39 is 0 Å². The van der Waals surface area contributed by atoms with Crippen LogP contribution in [0, 0.1) is 27.7 Å². The third kappa shape index (κ3) is 6.18. The molecule has 0 saturated carbocycles. The van der Waals surface area contributed by atoms with Crippen LogP contribution in [-0.4, -0.2) is 56.7 Å². The number of aldehydes is 2. The molecule has 0 aliphatic rings. The van der Waals surface area contributed by atoms with Crippen LogP contribution in [-0.2, 0) is 20.5 Å². The molecule has 0 bridgehead atoms. The normalized spacial score (nSPS) is 12.2. The first-order chi connectivity index (χ1) is 23.9. The predicted molar refractivity (Wildman–Crippen MR) is 203 cm³/mol. The van der Waals surface area contributed by atoms with Gasteiger partial charge in [0.15, 0.2) is 12.6 Å². The summed E-state index contributed by atoms with van der Waals surface area (Å²) < 4.78 is 12.2. The smallest absolute Gasteiger partial charge is 0.168 e. The lowest BCUT2D eigenvalue weighted by molar-refractivity contribution is 0.110. The second-order valence-electron chi connectivity index (χ2n) is 13.2. The highest BCUT2D eigenvalue weighted by atomic mass is 35.5. The van der Waals surface area contributed by atoms with Crippen molar-refractivity contribution in [3.05, 3.63) is 92.1 Å². The highest BCUT2D eigenvalue weighted by Gasteiger charge is 2.28.